The molecule has 0 fully saturated rings. The summed E-state index contributed by atoms with van der Waals surface area (Å²) >= 11 is 0. The Balaban J connectivity index is 1.89. The molecule has 4 heteroatoms. The van der Waals surface area contributed by atoms with Crippen molar-refractivity contribution < 1.29 is 9.53 Å². The largest absolute Gasteiger partial charge is 0.484 e. The zero-order valence-corrected chi connectivity index (χ0v) is 11.4. The van der Waals surface area contributed by atoms with Crippen molar-refractivity contribution >= 4 is 16.8 Å². The Labute approximate surface area is 113 Å². The molecule has 102 valence electrons. The minimum Gasteiger partial charge on any atom is -0.484 e. The number of nitrogens with one attached hydrogen (secondary N) is 2. The van der Waals surface area contributed by atoms with E-state index >= 15 is 0 Å². The van der Waals surface area contributed by atoms with Gasteiger partial charge in [0.05, 0.1) is 0 Å². The van der Waals surface area contributed by atoms with Crippen molar-refractivity contribution in [1.29, 1.82) is 0 Å². The smallest absolute Gasteiger partial charge is 0.258 e. The number of fused-ring (bicyclic) bond motifs is 1. The van der Waals surface area contributed by atoms with Crippen molar-refractivity contribution in [3.8, 4) is 5.75 Å². The number of benzene rings is 1. The molecule has 2 rings (SSSR count). The monoisotopic (exact) mass is 260 g/mol. The van der Waals surface area contributed by atoms with Gasteiger partial charge in [0.25, 0.3) is 5.91 Å². The van der Waals surface area contributed by atoms with Crippen LogP contribution in [0.1, 0.15) is 26.7 Å². The zero-order chi connectivity index (χ0) is 13.7. The predicted molar refractivity (Wildman–Crippen MR) is 76.3 cm³/mol. The van der Waals surface area contributed by atoms with Gasteiger partial charge in [-0.25, -0.2) is 0 Å². The van der Waals surface area contributed by atoms with E-state index in [1.54, 1.807) is 0 Å². The predicted octanol–water partition coefficient (Wildman–Crippen LogP) is 2.85. The molecule has 19 heavy (non-hydrogen) atoms. The Morgan fingerprint density at radius 2 is 2.11 bits per heavy atom. The van der Waals surface area contributed by atoms with E-state index in [1.807, 2.05) is 30.5 Å². The maximum Gasteiger partial charge on any atom is 0.258 e. The summed E-state index contributed by atoms with van der Waals surface area (Å²) in [5.74, 6) is 0.648. The third-order valence-corrected chi connectivity index (χ3v) is 3.25. The Hall–Kier alpha value is -1.97. The van der Waals surface area contributed by atoms with E-state index in [0.29, 0.717) is 5.75 Å². The van der Waals surface area contributed by atoms with Crippen LogP contribution >= 0.6 is 0 Å². The molecule has 0 spiro atoms. The second-order valence-corrected chi connectivity index (χ2v) is 4.60. The van der Waals surface area contributed by atoms with Gasteiger partial charge in [0.1, 0.15) is 5.75 Å². The summed E-state index contributed by atoms with van der Waals surface area (Å²) in [4.78, 5) is 14.8. The van der Waals surface area contributed by atoms with Crippen molar-refractivity contribution in [3.05, 3.63) is 30.5 Å². The fraction of sp³-hybridized carbons (Fsp3) is 0.400. The maximum absolute atomic E-state index is 11.7. The van der Waals surface area contributed by atoms with Crippen LogP contribution in [0.25, 0.3) is 10.9 Å². The van der Waals surface area contributed by atoms with Gasteiger partial charge < -0.3 is 15.0 Å². The average Bonchev–Trinajstić information content (AvgIpc) is 2.89. The molecule has 1 aromatic carbocycles. The van der Waals surface area contributed by atoms with Gasteiger partial charge in [0.2, 0.25) is 0 Å². The number of aromatic nitrogens is 1. The minimum absolute atomic E-state index is 0.0619. The van der Waals surface area contributed by atoms with Crippen LogP contribution < -0.4 is 10.1 Å². The van der Waals surface area contributed by atoms with Crippen LogP contribution in [-0.4, -0.2) is 23.5 Å². The first-order chi connectivity index (χ1) is 9.22. The second kappa shape index (κ2) is 6.27. The first kappa shape index (κ1) is 13.5. The Kier molecular flexibility index (Phi) is 4.44. The van der Waals surface area contributed by atoms with Crippen LogP contribution in [-0.2, 0) is 4.79 Å². The van der Waals surface area contributed by atoms with Crippen molar-refractivity contribution in [3.63, 3.8) is 0 Å². The van der Waals surface area contributed by atoms with Gasteiger partial charge >= 0.3 is 0 Å². The van der Waals surface area contributed by atoms with E-state index in [4.69, 9.17) is 4.74 Å². The highest BCUT2D eigenvalue weighted by Crippen LogP contribution is 2.19. The van der Waals surface area contributed by atoms with Gasteiger partial charge in [0, 0.05) is 23.1 Å². The molecule has 0 saturated heterocycles. The summed E-state index contributed by atoms with van der Waals surface area (Å²) in [6.07, 6.45) is 3.77. The van der Waals surface area contributed by atoms with E-state index in [-0.39, 0.29) is 18.6 Å². The van der Waals surface area contributed by atoms with Gasteiger partial charge in [-0.05, 0) is 37.1 Å². The van der Waals surface area contributed by atoms with Gasteiger partial charge in [-0.2, -0.15) is 0 Å². The molecule has 0 saturated carbocycles. The van der Waals surface area contributed by atoms with Gasteiger partial charge in [0.15, 0.2) is 6.61 Å². The molecule has 0 radical (unpaired) electrons. The molecule has 4 nitrogen and oxygen atoms in total. The summed E-state index contributed by atoms with van der Waals surface area (Å²) in [6.45, 7) is 4.19. The number of carbonyl (C=O) groups is 1. The maximum atomic E-state index is 11.7. The molecule has 1 aromatic heterocycles. The van der Waals surface area contributed by atoms with Crippen molar-refractivity contribution in [1.82, 2.24) is 10.3 Å². The van der Waals surface area contributed by atoms with E-state index < -0.39 is 0 Å². The molecule has 1 amide bonds. The third kappa shape index (κ3) is 3.50. The van der Waals surface area contributed by atoms with E-state index in [1.165, 1.54) is 0 Å². The van der Waals surface area contributed by atoms with Gasteiger partial charge in [-0.1, -0.05) is 13.8 Å². The number of hydrogen-bond donors (Lipinski definition) is 2. The van der Waals surface area contributed by atoms with Crippen LogP contribution in [0, 0.1) is 0 Å². The lowest BCUT2D eigenvalue weighted by molar-refractivity contribution is -0.123. The molecule has 0 aliphatic rings. The van der Waals surface area contributed by atoms with E-state index in [0.717, 1.165) is 23.7 Å². The van der Waals surface area contributed by atoms with Crippen molar-refractivity contribution in [2.45, 2.75) is 32.7 Å². The summed E-state index contributed by atoms with van der Waals surface area (Å²) in [6, 6.07) is 7.96. The minimum atomic E-state index is -0.0668. The molecule has 2 N–H and O–H groups in total. The Bertz CT molecular complexity index is 544. The number of carbonyl (C=O) groups excluding carboxylic acids is 1. The molecule has 2 aromatic rings. The standard InChI is InChI=1S/C15H20N2O2/c1-3-12(4-2)17-15(18)10-19-13-5-6-14-11(9-13)7-8-16-14/h5-9,12,16H,3-4,10H2,1-2H3,(H,17,18). The molecular formula is C15H20N2O2. The lowest BCUT2D eigenvalue weighted by Crippen LogP contribution is -2.37. The number of ether oxygens (including phenoxy) is 1. The number of aromatic amines is 1. The first-order valence-electron chi connectivity index (χ1n) is 6.72. The highest BCUT2D eigenvalue weighted by Gasteiger charge is 2.09. The van der Waals surface area contributed by atoms with Crippen LogP contribution in [0.5, 0.6) is 5.75 Å². The highest BCUT2D eigenvalue weighted by molar-refractivity contribution is 5.81. The highest BCUT2D eigenvalue weighted by atomic mass is 16.5. The summed E-state index contributed by atoms with van der Waals surface area (Å²) in [5.41, 5.74) is 1.06. The molecule has 0 unspecified atom stereocenters. The lowest BCUT2D eigenvalue weighted by Gasteiger charge is -2.14. The second-order valence-electron chi connectivity index (χ2n) is 4.60. The Morgan fingerprint density at radius 1 is 1.32 bits per heavy atom. The average molecular weight is 260 g/mol. The van der Waals surface area contributed by atoms with Crippen LogP contribution in [0.2, 0.25) is 0 Å². The van der Waals surface area contributed by atoms with Crippen molar-refractivity contribution in [2.24, 2.45) is 0 Å². The van der Waals surface area contributed by atoms with Crippen LogP contribution in [0.15, 0.2) is 30.5 Å². The Morgan fingerprint density at radius 3 is 2.84 bits per heavy atom. The summed E-state index contributed by atoms with van der Waals surface area (Å²) in [5, 5.41) is 4.03. The SMILES string of the molecule is CCC(CC)NC(=O)COc1ccc2[nH]ccc2c1. The number of H-pyrrole nitrogens is 1. The summed E-state index contributed by atoms with van der Waals surface area (Å²) < 4.78 is 5.51. The van der Waals surface area contributed by atoms with Crippen LogP contribution in [0.4, 0.5) is 0 Å². The summed E-state index contributed by atoms with van der Waals surface area (Å²) in [7, 11) is 0. The molecule has 0 bridgehead atoms. The number of rotatable bonds is 6. The topological polar surface area (TPSA) is 54.1 Å². The zero-order valence-electron chi connectivity index (χ0n) is 11.4. The van der Waals surface area contributed by atoms with E-state index in [9.17, 15) is 4.79 Å². The van der Waals surface area contributed by atoms with Crippen LogP contribution in [0.3, 0.4) is 0 Å². The fourth-order valence-corrected chi connectivity index (χ4v) is 2.03. The van der Waals surface area contributed by atoms with E-state index in [2.05, 4.69) is 24.1 Å². The van der Waals surface area contributed by atoms with Crippen molar-refractivity contribution in [2.75, 3.05) is 6.61 Å². The number of hydrogen-bond acceptors (Lipinski definition) is 2. The normalized spacial score (nSPS) is 10.9. The van der Waals surface area contributed by atoms with Gasteiger partial charge in [-0.15, -0.1) is 0 Å². The number of amides is 1. The fourth-order valence-electron chi connectivity index (χ4n) is 2.03. The molecule has 0 atom stereocenters. The molecule has 1 heterocycles. The third-order valence-electron chi connectivity index (χ3n) is 3.25. The quantitative estimate of drug-likeness (QED) is 0.839. The molecular weight excluding hydrogens is 240 g/mol. The molecule has 0 aliphatic carbocycles. The lowest BCUT2D eigenvalue weighted by atomic mass is 10.2. The first-order valence-corrected chi connectivity index (χ1v) is 6.72. The molecule has 0 aliphatic heterocycles. The van der Waals surface area contributed by atoms with Gasteiger partial charge in [-0.3, -0.25) is 4.79 Å².